The van der Waals surface area contributed by atoms with Crippen LogP contribution in [0.1, 0.15) is 59.8 Å². The number of hydrogen-bond donors (Lipinski definition) is 0. The lowest BCUT2D eigenvalue weighted by Gasteiger charge is -2.33. The minimum absolute atomic E-state index is 0.234. The monoisotopic (exact) mass is 353 g/mol. The quantitative estimate of drug-likeness (QED) is 0.543. The highest BCUT2D eigenvalue weighted by atomic mass is 32.2. The van der Waals surface area contributed by atoms with Gasteiger partial charge in [-0.2, -0.15) is 0 Å². The van der Waals surface area contributed by atoms with Crippen LogP contribution in [-0.4, -0.2) is 38.2 Å². The van der Waals surface area contributed by atoms with E-state index in [9.17, 15) is 8.42 Å². The third kappa shape index (κ3) is 6.94. The molecule has 24 heavy (non-hydrogen) atoms. The summed E-state index contributed by atoms with van der Waals surface area (Å²) in [6.07, 6.45) is 5.27. The van der Waals surface area contributed by atoms with E-state index >= 15 is 0 Å². The van der Waals surface area contributed by atoms with Crippen molar-refractivity contribution in [2.45, 2.75) is 70.7 Å². The third-order valence-corrected chi connectivity index (χ3v) is 6.41. The van der Waals surface area contributed by atoms with Crippen molar-refractivity contribution in [3.8, 4) is 0 Å². The van der Waals surface area contributed by atoms with Crippen molar-refractivity contribution >= 4 is 9.84 Å². The average Bonchev–Trinajstić information content (AvgIpc) is 2.56. The summed E-state index contributed by atoms with van der Waals surface area (Å²) in [7, 11) is -3.18. The van der Waals surface area contributed by atoms with Crippen LogP contribution in [0.25, 0.3) is 0 Å². The Labute approximate surface area is 149 Å². The van der Waals surface area contributed by atoms with Gasteiger partial charge in [0.2, 0.25) is 0 Å². The molecule has 0 aromatic heterocycles. The molecular formula is C20H35NO2S. The van der Waals surface area contributed by atoms with Crippen LogP contribution in [0.2, 0.25) is 0 Å². The van der Waals surface area contributed by atoms with Gasteiger partial charge in [-0.3, -0.25) is 0 Å². The predicted octanol–water partition coefficient (Wildman–Crippen LogP) is 4.78. The van der Waals surface area contributed by atoms with Gasteiger partial charge in [0, 0.05) is 12.6 Å². The van der Waals surface area contributed by atoms with Gasteiger partial charge < -0.3 is 4.90 Å². The Morgan fingerprint density at radius 3 is 2.21 bits per heavy atom. The first-order chi connectivity index (χ1) is 11.4. The first-order valence-electron chi connectivity index (χ1n) is 9.46. The second kappa shape index (κ2) is 10.9. The Bertz CT molecular complexity index is 542. The van der Waals surface area contributed by atoms with Crippen LogP contribution in [0.3, 0.4) is 0 Å². The first kappa shape index (κ1) is 21.2. The summed E-state index contributed by atoms with van der Waals surface area (Å²) >= 11 is 0. The molecule has 0 radical (unpaired) electrons. The maximum Gasteiger partial charge on any atom is 0.178 e. The first-order valence-corrected chi connectivity index (χ1v) is 11.1. The molecule has 1 aromatic carbocycles. The standard InChI is InChI=1S/C20H35NO2S/c1-5-11-18(4)17-21(15-6-2)19(7-3)14-16-24(22,23)20-12-9-8-10-13-20/h8-10,12-13,18-19H,5-7,11,14-17H2,1-4H3/t18-,19?/m0/s1. The largest absolute Gasteiger partial charge is 0.300 e. The van der Waals surface area contributed by atoms with E-state index in [-0.39, 0.29) is 5.75 Å². The normalized spacial score (nSPS) is 14.7. The van der Waals surface area contributed by atoms with Crippen LogP contribution in [0.15, 0.2) is 35.2 Å². The Balaban J connectivity index is 2.72. The van der Waals surface area contributed by atoms with Gasteiger partial charge in [-0.15, -0.1) is 0 Å². The molecule has 0 bridgehead atoms. The van der Waals surface area contributed by atoms with E-state index in [0.717, 1.165) is 25.9 Å². The van der Waals surface area contributed by atoms with Gasteiger partial charge in [0.15, 0.2) is 9.84 Å². The molecule has 0 aliphatic heterocycles. The Kier molecular flexibility index (Phi) is 9.60. The zero-order chi connectivity index (χ0) is 18.0. The minimum atomic E-state index is -3.18. The van der Waals surface area contributed by atoms with Crippen LogP contribution in [0.4, 0.5) is 0 Å². The lowest BCUT2D eigenvalue weighted by Crippen LogP contribution is -2.39. The molecule has 0 spiro atoms. The van der Waals surface area contributed by atoms with Gasteiger partial charge in [0.25, 0.3) is 0 Å². The molecule has 0 N–H and O–H groups in total. The van der Waals surface area contributed by atoms with Crippen molar-refractivity contribution in [3.05, 3.63) is 30.3 Å². The summed E-state index contributed by atoms with van der Waals surface area (Å²) in [6, 6.07) is 9.18. The molecule has 0 aliphatic carbocycles. The molecule has 1 aromatic rings. The van der Waals surface area contributed by atoms with E-state index in [1.54, 1.807) is 24.3 Å². The molecular weight excluding hydrogens is 318 g/mol. The van der Waals surface area contributed by atoms with Crippen LogP contribution >= 0.6 is 0 Å². The molecule has 0 aliphatic rings. The summed E-state index contributed by atoms with van der Waals surface area (Å²) in [5.74, 6) is 0.902. The number of sulfone groups is 1. The fourth-order valence-electron chi connectivity index (χ4n) is 3.38. The zero-order valence-corrected chi connectivity index (χ0v) is 16.7. The highest BCUT2D eigenvalue weighted by molar-refractivity contribution is 7.91. The molecule has 0 amide bonds. The lowest BCUT2D eigenvalue weighted by atomic mass is 10.0. The van der Waals surface area contributed by atoms with Crippen LogP contribution in [0, 0.1) is 5.92 Å². The SMILES string of the molecule is CCC[C@H](C)CN(CCC)C(CC)CCS(=O)(=O)c1ccccc1. The van der Waals surface area contributed by atoms with Gasteiger partial charge in [-0.1, -0.05) is 52.3 Å². The molecule has 0 heterocycles. The molecule has 2 atom stereocenters. The third-order valence-electron chi connectivity index (χ3n) is 4.65. The van der Waals surface area contributed by atoms with Crippen molar-refractivity contribution in [3.63, 3.8) is 0 Å². The van der Waals surface area contributed by atoms with Gasteiger partial charge >= 0.3 is 0 Å². The Morgan fingerprint density at radius 1 is 1.00 bits per heavy atom. The van der Waals surface area contributed by atoms with Gasteiger partial charge in [-0.05, 0) is 50.3 Å². The Hall–Kier alpha value is -0.870. The van der Waals surface area contributed by atoms with Crippen molar-refractivity contribution in [1.82, 2.24) is 4.90 Å². The number of rotatable bonds is 12. The van der Waals surface area contributed by atoms with Crippen molar-refractivity contribution in [2.75, 3.05) is 18.8 Å². The molecule has 3 nitrogen and oxygen atoms in total. The van der Waals surface area contributed by atoms with Gasteiger partial charge in [0.1, 0.15) is 0 Å². The van der Waals surface area contributed by atoms with Gasteiger partial charge in [-0.25, -0.2) is 8.42 Å². The molecule has 4 heteroatoms. The topological polar surface area (TPSA) is 37.4 Å². The summed E-state index contributed by atoms with van der Waals surface area (Å²) in [6.45, 7) is 11.0. The summed E-state index contributed by atoms with van der Waals surface area (Å²) in [4.78, 5) is 2.96. The fourth-order valence-corrected chi connectivity index (χ4v) is 4.77. The van der Waals surface area contributed by atoms with Crippen LogP contribution < -0.4 is 0 Å². The van der Waals surface area contributed by atoms with E-state index in [1.807, 2.05) is 6.07 Å². The van der Waals surface area contributed by atoms with E-state index in [4.69, 9.17) is 0 Å². The lowest BCUT2D eigenvalue weighted by molar-refractivity contribution is 0.159. The molecule has 0 fully saturated rings. The smallest absolute Gasteiger partial charge is 0.178 e. The second-order valence-electron chi connectivity index (χ2n) is 6.87. The van der Waals surface area contributed by atoms with Crippen LogP contribution in [-0.2, 0) is 9.84 Å². The van der Waals surface area contributed by atoms with Crippen molar-refractivity contribution < 1.29 is 8.42 Å². The fraction of sp³-hybridized carbons (Fsp3) is 0.700. The van der Waals surface area contributed by atoms with E-state index in [0.29, 0.717) is 23.3 Å². The molecule has 1 unspecified atom stereocenters. The van der Waals surface area contributed by atoms with Crippen molar-refractivity contribution in [1.29, 1.82) is 0 Å². The molecule has 138 valence electrons. The second-order valence-corrected chi connectivity index (χ2v) is 8.98. The molecule has 1 rings (SSSR count). The number of benzene rings is 1. The minimum Gasteiger partial charge on any atom is -0.300 e. The van der Waals surface area contributed by atoms with E-state index in [2.05, 4.69) is 32.6 Å². The van der Waals surface area contributed by atoms with E-state index < -0.39 is 9.84 Å². The molecule has 0 saturated heterocycles. The van der Waals surface area contributed by atoms with Gasteiger partial charge in [0.05, 0.1) is 10.6 Å². The highest BCUT2D eigenvalue weighted by Gasteiger charge is 2.22. The molecule has 0 saturated carbocycles. The predicted molar refractivity (Wildman–Crippen MR) is 103 cm³/mol. The maximum atomic E-state index is 12.5. The Morgan fingerprint density at radius 2 is 1.67 bits per heavy atom. The van der Waals surface area contributed by atoms with Crippen LogP contribution in [0.5, 0.6) is 0 Å². The average molecular weight is 354 g/mol. The highest BCUT2D eigenvalue weighted by Crippen LogP contribution is 2.18. The maximum absolute atomic E-state index is 12.5. The summed E-state index contributed by atoms with van der Waals surface area (Å²) in [5, 5.41) is 0. The summed E-state index contributed by atoms with van der Waals surface area (Å²) < 4.78 is 25.1. The number of nitrogens with zero attached hydrogens (tertiary/aromatic N) is 1. The summed E-state index contributed by atoms with van der Waals surface area (Å²) in [5.41, 5.74) is 0. The number of hydrogen-bond acceptors (Lipinski definition) is 3. The zero-order valence-electron chi connectivity index (χ0n) is 15.9. The van der Waals surface area contributed by atoms with Crippen molar-refractivity contribution in [2.24, 2.45) is 5.92 Å². The van der Waals surface area contributed by atoms with E-state index in [1.165, 1.54) is 12.8 Å².